The normalized spacial score (nSPS) is 10.6. The maximum atomic E-state index is 12.3. The van der Waals surface area contributed by atoms with Crippen LogP contribution in [0.15, 0.2) is 0 Å². The summed E-state index contributed by atoms with van der Waals surface area (Å²) in [5, 5.41) is 27.3. The lowest BCUT2D eigenvalue weighted by Gasteiger charge is -2.18. The minimum atomic E-state index is -1.10. The van der Waals surface area contributed by atoms with Gasteiger partial charge in [-0.1, -0.05) is 12.8 Å². The van der Waals surface area contributed by atoms with Crippen molar-refractivity contribution in [2.75, 3.05) is 45.9 Å². The Morgan fingerprint density at radius 1 is 0.879 bits per heavy atom. The van der Waals surface area contributed by atoms with Crippen LogP contribution < -0.4 is 32.7 Å². The van der Waals surface area contributed by atoms with Gasteiger partial charge in [0.05, 0.1) is 13.2 Å². The molecule has 2 amide bonds. The highest BCUT2D eigenvalue weighted by molar-refractivity contribution is 5.86. The first-order valence-electron chi connectivity index (χ1n) is 10.8. The van der Waals surface area contributed by atoms with E-state index in [1.807, 2.05) is 0 Å². The number of ether oxygens (including phenoxy) is 1. The van der Waals surface area contributed by atoms with E-state index < -0.39 is 12.1 Å². The number of halogens is 3. The van der Waals surface area contributed by atoms with Gasteiger partial charge in [0, 0.05) is 19.5 Å². The third kappa shape index (κ3) is 27.0. The molecule has 33 heavy (non-hydrogen) atoms. The van der Waals surface area contributed by atoms with E-state index in [-0.39, 0.29) is 62.3 Å². The van der Waals surface area contributed by atoms with Crippen LogP contribution in [0.4, 0.5) is 0 Å². The lowest BCUT2D eigenvalue weighted by atomic mass is 10.1. The van der Waals surface area contributed by atoms with E-state index in [2.05, 4.69) is 21.3 Å². The van der Waals surface area contributed by atoms with E-state index in [1.54, 1.807) is 0 Å². The quantitative estimate of drug-likeness (QED) is 0.0457. The molecule has 1 atom stereocenters. The summed E-state index contributed by atoms with van der Waals surface area (Å²) in [6, 6.07) is 0. The Labute approximate surface area is 216 Å². The number of hydrogen-bond acceptors (Lipinski definition) is 7. The van der Waals surface area contributed by atoms with Gasteiger partial charge in [0.1, 0.15) is 0 Å². The number of nitrogens with two attached hydrogens (primary N) is 2. The number of hydrogen-bond donors (Lipinski definition) is 8. The van der Waals surface area contributed by atoms with Gasteiger partial charge >= 0.3 is 0 Å². The van der Waals surface area contributed by atoms with Crippen molar-refractivity contribution in [3.63, 3.8) is 0 Å². The van der Waals surface area contributed by atoms with Gasteiger partial charge in [0.2, 0.25) is 12.1 Å². The van der Waals surface area contributed by atoms with Gasteiger partial charge in [-0.2, -0.15) is 0 Å². The minimum absolute atomic E-state index is 0. The Balaban J connectivity index is -0.00000140. The van der Waals surface area contributed by atoms with Crippen molar-refractivity contribution in [1.82, 2.24) is 21.3 Å². The van der Waals surface area contributed by atoms with Crippen molar-refractivity contribution in [1.29, 1.82) is 5.41 Å². The Hall–Kier alpha value is -1.08. The van der Waals surface area contributed by atoms with Crippen molar-refractivity contribution in [3.05, 3.63) is 0 Å². The molecule has 0 spiro atoms. The SMILES string of the molecule is Cl.Cl.Cl.N=C(N)NCCCCCCC(=O)NC(OCCO)C(=O)NCCCCNCCCN. The zero-order chi connectivity index (χ0) is 22.5. The van der Waals surface area contributed by atoms with Gasteiger partial charge in [0.25, 0.3) is 5.91 Å². The topological polar surface area (TPSA) is 188 Å². The van der Waals surface area contributed by atoms with Gasteiger partial charge in [-0.15, -0.1) is 37.2 Å². The molecule has 0 aromatic rings. The third-order valence-corrected chi connectivity index (χ3v) is 4.19. The average molecular weight is 541 g/mol. The fourth-order valence-electron chi connectivity index (χ4n) is 2.59. The molecule has 0 rings (SSSR count). The number of amides is 2. The second kappa shape index (κ2) is 29.0. The molecule has 1 unspecified atom stereocenters. The Bertz CT molecular complexity index is 481. The van der Waals surface area contributed by atoms with E-state index in [9.17, 15) is 9.59 Å². The zero-order valence-electron chi connectivity index (χ0n) is 19.2. The van der Waals surface area contributed by atoms with Gasteiger partial charge < -0.3 is 42.6 Å². The predicted octanol–water partition coefficient (Wildman–Crippen LogP) is -0.0286. The van der Waals surface area contributed by atoms with Crippen LogP contribution >= 0.6 is 37.2 Å². The molecule has 0 aromatic carbocycles. The molecule has 0 fully saturated rings. The molecule has 0 radical (unpaired) electrons. The summed E-state index contributed by atoms with van der Waals surface area (Å²) in [5.74, 6) is -0.719. The fraction of sp³-hybridized carbons (Fsp3) is 0.842. The summed E-state index contributed by atoms with van der Waals surface area (Å²) in [6.45, 7) is 3.28. The number of guanidine groups is 1. The average Bonchev–Trinajstić information content (AvgIpc) is 2.71. The first-order valence-corrected chi connectivity index (χ1v) is 10.8. The first kappa shape index (κ1) is 39.1. The number of rotatable bonds is 20. The summed E-state index contributed by atoms with van der Waals surface area (Å²) >= 11 is 0. The zero-order valence-corrected chi connectivity index (χ0v) is 21.7. The van der Waals surface area contributed by atoms with Gasteiger partial charge in [-0.05, 0) is 51.7 Å². The largest absolute Gasteiger partial charge is 0.394 e. The van der Waals surface area contributed by atoms with Crippen molar-refractivity contribution >= 4 is 55.0 Å². The summed E-state index contributed by atoms with van der Waals surface area (Å²) < 4.78 is 5.27. The molecule has 14 heteroatoms. The number of carbonyl (C=O) groups excluding carboxylic acids is 2. The lowest BCUT2D eigenvalue weighted by Crippen LogP contribution is -2.49. The van der Waals surface area contributed by atoms with Crippen LogP contribution in [0.1, 0.15) is 51.4 Å². The molecule has 0 aliphatic rings. The highest BCUT2D eigenvalue weighted by Crippen LogP contribution is 2.03. The highest BCUT2D eigenvalue weighted by Gasteiger charge is 2.20. The van der Waals surface area contributed by atoms with E-state index in [1.165, 1.54) is 0 Å². The van der Waals surface area contributed by atoms with Crippen LogP contribution in [-0.2, 0) is 14.3 Å². The smallest absolute Gasteiger partial charge is 0.270 e. The summed E-state index contributed by atoms with van der Waals surface area (Å²) in [5.41, 5.74) is 10.6. The van der Waals surface area contributed by atoms with Crippen LogP contribution in [0.2, 0.25) is 0 Å². The Kier molecular flexibility index (Phi) is 34.3. The molecule has 0 aliphatic heterocycles. The van der Waals surface area contributed by atoms with Crippen molar-refractivity contribution in [2.45, 2.75) is 57.6 Å². The molecule has 0 bridgehead atoms. The number of nitrogens with one attached hydrogen (secondary N) is 5. The van der Waals surface area contributed by atoms with Crippen LogP contribution in [0, 0.1) is 5.41 Å². The van der Waals surface area contributed by atoms with Crippen LogP contribution in [0.3, 0.4) is 0 Å². The van der Waals surface area contributed by atoms with E-state index in [4.69, 9.17) is 26.7 Å². The van der Waals surface area contributed by atoms with E-state index in [0.717, 1.165) is 51.6 Å². The second-order valence-electron chi connectivity index (χ2n) is 6.94. The molecule has 10 N–H and O–H groups in total. The van der Waals surface area contributed by atoms with Gasteiger partial charge in [-0.25, -0.2) is 0 Å². The molecular weight excluding hydrogens is 497 g/mol. The number of unbranched alkanes of at least 4 members (excludes halogenated alkanes) is 4. The third-order valence-electron chi connectivity index (χ3n) is 4.19. The highest BCUT2D eigenvalue weighted by atomic mass is 35.5. The van der Waals surface area contributed by atoms with Gasteiger partial charge in [0.15, 0.2) is 5.96 Å². The minimum Gasteiger partial charge on any atom is -0.394 e. The van der Waals surface area contributed by atoms with Crippen molar-refractivity contribution in [2.24, 2.45) is 11.5 Å². The van der Waals surface area contributed by atoms with Crippen LogP contribution in [0.25, 0.3) is 0 Å². The van der Waals surface area contributed by atoms with Crippen molar-refractivity contribution in [3.8, 4) is 0 Å². The molecule has 0 saturated carbocycles. The standard InChI is InChI=1S/C19H41N7O4.3ClH/c20-9-7-11-23-10-5-6-12-24-17(29)18(30-15-14-27)26-16(28)8-3-1-2-4-13-25-19(21)22;;;/h18,23,27H,1-15,20H2,(H,24,29)(H,26,28)(H4,21,22,25);3*1H. The van der Waals surface area contributed by atoms with Gasteiger partial charge in [-0.3, -0.25) is 15.0 Å². The summed E-state index contributed by atoms with van der Waals surface area (Å²) in [7, 11) is 0. The van der Waals surface area contributed by atoms with E-state index >= 15 is 0 Å². The first-order chi connectivity index (χ1) is 14.5. The number of aliphatic hydroxyl groups is 1. The predicted molar refractivity (Wildman–Crippen MR) is 138 cm³/mol. The molecule has 0 heterocycles. The molecule has 0 aliphatic carbocycles. The fourth-order valence-corrected chi connectivity index (χ4v) is 2.59. The monoisotopic (exact) mass is 539 g/mol. The Morgan fingerprint density at radius 2 is 1.45 bits per heavy atom. The maximum absolute atomic E-state index is 12.3. The molecule has 0 saturated heterocycles. The molecule has 0 aromatic heterocycles. The van der Waals surface area contributed by atoms with Crippen LogP contribution in [-0.4, -0.2) is 75.0 Å². The van der Waals surface area contributed by atoms with Crippen LogP contribution in [0.5, 0.6) is 0 Å². The molecule has 200 valence electrons. The molecular formula is C19H44Cl3N7O4. The maximum Gasteiger partial charge on any atom is 0.270 e. The number of aliphatic hydroxyl groups excluding tert-OH is 1. The second-order valence-corrected chi connectivity index (χ2v) is 6.94. The molecule has 11 nitrogen and oxygen atoms in total. The summed E-state index contributed by atoms with van der Waals surface area (Å²) in [4.78, 5) is 24.4. The van der Waals surface area contributed by atoms with E-state index in [0.29, 0.717) is 32.5 Å². The number of carbonyl (C=O) groups is 2. The summed E-state index contributed by atoms with van der Waals surface area (Å²) in [6.07, 6.45) is 5.19. The lowest BCUT2D eigenvalue weighted by molar-refractivity contribution is -0.141. The Morgan fingerprint density at radius 3 is 2.09 bits per heavy atom. The van der Waals surface area contributed by atoms with Crippen molar-refractivity contribution < 1.29 is 19.4 Å².